The van der Waals surface area contributed by atoms with Crippen LogP contribution in [0.15, 0.2) is 0 Å². The van der Waals surface area contributed by atoms with Gasteiger partial charge < -0.3 is 25.8 Å². The summed E-state index contributed by atoms with van der Waals surface area (Å²) in [5.41, 5.74) is 4.44. The van der Waals surface area contributed by atoms with Crippen molar-refractivity contribution in [3.63, 3.8) is 0 Å². The van der Waals surface area contributed by atoms with Gasteiger partial charge in [0.1, 0.15) is 18.2 Å². The van der Waals surface area contributed by atoms with Crippen LogP contribution >= 0.6 is 0 Å². The highest BCUT2D eigenvalue weighted by Crippen LogP contribution is 2.26. The molecule has 1 heterocycles. The molecule has 120 valence electrons. The lowest BCUT2D eigenvalue weighted by Gasteiger charge is -2.48. The number of nitrogens with one attached hydrogen (secondary N) is 1. The molecule has 21 heavy (non-hydrogen) atoms. The molecule has 0 aromatic carbocycles. The quantitative estimate of drug-likeness (QED) is 0.599. The number of urea groups is 1. The molecule has 1 saturated heterocycles. The maximum atomic E-state index is 12.3. The van der Waals surface area contributed by atoms with Gasteiger partial charge in [0.2, 0.25) is 5.91 Å². The van der Waals surface area contributed by atoms with Crippen molar-refractivity contribution in [2.75, 3.05) is 19.7 Å². The molecule has 1 rings (SSSR count). The molecule has 1 atom stereocenters. The fourth-order valence-corrected chi connectivity index (χ4v) is 2.33. The Hall–Kier alpha value is -1.83. The summed E-state index contributed by atoms with van der Waals surface area (Å²) < 4.78 is 5.24. The molecule has 1 aliphatic heterocycles. The molecule has 0 bridgehead atoms. The van der Waals surface area contributed by atoms with Crippen LogP contribution in [0.5, 0.6) is 0 Å². The number of nitrogens with zero attached hydrogens (tertiary/aromatic N) is 1. The summed E-state index contributed by atoms with van der Waals surface area (Å²) in [6.07, 6.45) is 0.491. The Kier molecular flexibility index (Phi) is 5.54. The third kappa shape index (κ3) is 5.22. The van der Waals surface area contributed by atoms with E-state index in [4.69, 9.17) is 15.6 Å². The molecular weight excluding hydrogens is 278 g/mol. The van der Waals surface area contributed by atoms with E-state index in [1.54, 1.807) is 6.92 Å². The number of carboxylic acid groups (broad SMARTS) is 1. The average Bonchev–Trinajstić information content (AvgIpc) is 2.30. The Morgan fingerprint density at radius 2 is 1.95 bits per heavy atom. The summed E-state index contributed by atoms with van der Waals surface area (Å²) in [7, 11) is 0. The monoisotopic (exact) mass is 301 g/mol. The molecule has 3 amide bonds. The van der Waals surface area contributed by atoms with Gasteiger partial charge in [-0.1, -0.05) is 13.8 Å². The molecule has 0 saturated carbocycles. The van der Waals surface area contributed by atoms with Crippen LogP contribution in [0.3, 0.4) is 0 Å². The van der Waals surface area contributed by atoms with E-state index in [-0.39, 0.29) is 11.8 Å². The second-order valence-electron chi connectivity index (χ2n) is 6.02. The Balaban J connectivity index is 2.54. The SMILES string of the molecule is CC(C)CC(NC(N)=O)C(=O)N1CC(C)(OCC(=O)O)C1. The van der Waals surface area contributed by atoms with Crippen molar-refractivity contribution >= 4 is 17.9 Å². The van der Waals surface area contributed by atoms with Crippen molar-refractivity contribution in [3.8, 4) is 0 Å². The number of aliphatic carboxylic acids is 1. The number of amides is 3. The summed E-state index contributed by atoms with van der Waals surface area (Å²) >= 11 is 0. The predicted octanol–water partition coefficient (Wildman–Crippen LogP) is -0.228. The third-order valence-electron chi connectivity index (χ3n) is 3.23. The van der Waals surface area contributed by atoms with Gasteiger partial charge in [-0.2, -0.15) is 0 Å². The molecule has 0 aliphatic carbocycles. The fourth-order valence-electron chi connectivity index (χ4n) is 2.33. The van der Waals surface area contributed by atoms with E-state index >= 15 is 0 Å². The first-order chi connectivity index (χ1) is 9.63. The van der Waals surface area contributed by atoms with Gasteiger partial charge in [-0.3, -0.25) is 4.79 Å². The summed E-state index contributed by atoms with van der Waals surface area (Å²) in [4.78, 5) is 35.3. The number of carbonyl (C=O) groups is 3. The van der Waals surface area contributed by atoms with Crippen molar-refractivity contribution in [2.24, 2.45) is 11.7 Å². The minimum absolute atomic E-state index is 0.223. The van der Waals surface area contributed by atoms with E-state index in [2.05, 4.69) is 5.32 Å². The van der Waals surface area contributed by atoms with Crippen LogP contribution in [0, 0.1) is 5.92 Å². The summed E-state index contributed by atoms with van der Waals surface area (Å²) in [5, 5.41) is 11.0. The van der Waals surface area contributed by atoms with E-state index in [0.717, 1.165) is 0 Å². The number of nitrogens with two attached hydrogens (primary N) is 1. The Morgan fingerprint density at radius 1 is 1.38 bits per heavy atom. The number of primary amides is 1. The zero-order chi connectivity index (χ0) is 16.2. The highest BCUT2D eigenvalue weighted by molar-refractivity contribution is 5.87. The molecule has 8 nitrogen and oxygen atoms in total. The van der Waals surface area contributed by atoms with Gasteiger partial charge in [0.15, 0.2) is 0 Å². The van der Waals surface area contributed by atoms with Crippen LogP contribution in [0.1, 0.15) is 27.2 Å². The number of likely N-dealkylation sites (tertiary alicyclic amines) is 1. The summed E-state index contributed by atoms with van der Waals surface area (Å²) in [5.74, 6) is -1.05. The highest BCUT2D eigenvalue weighted by Gasteiger charge is 2.44. The van der Waals surface area contributed by atoms with E-state index in [9.17, 15) is 14.4 Å². The van der Waals surface area contributed by atoms with E-state index < -0.39 is 30.3 Å². The molecule has 4 N–H and O–H groups in total. The smallest absolute Gasteiger partial charge is 0.329 e. The topological polar surface area (TPSA) is 122 Å². The average molecular weight is 301 g/mol. The Morgan fingerprint density at radius 3 is 2.38 bits per heavy atom. The standard InChI is InChI=1S/C13H23N3O5/c1-8(2)4-9(15-12(14)20)11(19)16-6-13(3,7-16)21-5-10(17)18/h8-9H,4-7H2,1-3H3,(H,17,18)(H3,14,15,20). The summed E-state index contributed by atoms with van der Waals surface area (Å²) in [6.45, 7) is 5.84. The molecular formula is C13H23N3O5. The minimum atomic E-state index is -1.05. The molecule has 0 aromatic heterocycles. The molecule has 0 radical (unpaired) electrons. The number of ether oxygens (including phenoxy) is 1. The van der Waals surface area contributed by atoms with Crippen molar-refractivity contribution in [1.29, 1.82) is 0 Å². The van der Waals surface area contributed by atoms with Crippen LogP contribution in [0.25, 0.3) is 0 Å². The van der Waals surface area contributed by atoms with Crippen molar-refractivity contribution in [1.82, 2.24) is 10.2 Å². The van der Waals surface area contributed by atoms with Crippen molar-refractivity contribution in [2.45, 2.75) is 38.8 Å². The van der Waals surface area contributed by atoms with E-state index in [0.29, 0.717) is 19.5 Å². The summed E-state index contributed by atoms with van der Waals surface area (Å²) in [6, 6.07) is -1.40. The first-order valence-electron chi connectivity index (χ1n) is 6.83. The maximum Gasteiger partial charge on any atom is 0.329 e. The van der Waals surface area contributed by atoms with Gasteiger partial charge in [-0.25, -0.2) is 9.59 Å². The molecule has 1 fully saturated rings. The van der Waals surface area contributed by atoms with Crippen molar-refractivity contribution < 1.29 is 24.2 Å². The third-order valence-corrected chi connectivity index (χ3v) is 3.23. The van der Waals surface area contributed by atoms with Crippen LogP contribution in [-0.4, -0.2) is 59.3 Å². The van der Waals surface area contributed by atoms with E-state index in [1.165, 1.54) is 4.90 Å². The van der Waals surface area contributed by atoms with Crippen LogP contribution in [0.4, 0.5) is 4.79 Å². The minimum Gasteiger partial charge on any atom is -0.480 e. The van der Waals surface area contributed by atoms with Crippen LogP contribution < -0.4 is 11.1 Å². The predicted molar refractivity (Wildman–Crippen MR) is 74.5 cm³/mol. The second kappa shape index (κ2) is 6.75. The lowest BCUT2D eigenvalue weighted by molar-refractivity contribution is -0.174. The van der Waals surface area contributed by atoms with Crippen molar-refractivity contribution in [3.05, 3.63) is 0 Å². The lowest BCUT2D eigenvalue weighted by atomic mass is 9.93. The number of carboxylic acids is 1. The van der Waals surface area contributed by atoms with Gasteiger partial charge in [-0.15, -0.1) is 0 Å². The van der Waals surface area contributed by atoms with Gasteiger partial charge in [0.25, 0.3) is 0 Å². The Labute approximate surface area is 123 Å². The number of hydrogen-bond acceptors (Lipinski definition) is 4. The van der Waals surface area contributed by atoms with Gasteiger partial charge >= 0.3 is 12.0 Å². The highest BCUT2D eigenvalue weighted by atomic mass is 16.5. The van der Waals surface area contributed by atoms with Gasteiger partial charge in [-0.05, 0) is 19.3 Å². The zero-order valence-corrected chi connectivity index (χ0v) is 12.6. The molecule has 8 heteroatoms. The van der Waals surface area contributed by atoms with E-state index in [1.807, 2.05) is 13.8 Å². The second-order valence-corrected chi connectivity index (χ2v) is 6.02. The first kappa shape index (κ1) is 17.2. The van der Waals surface area contributed by atoms with Gasteiger partial charge in [0, 0.05) is 0 Å². The molecule has 1 aliphatic rings. The lowest BCUT2D eigenvalue weighted by Crippen LogP contribution is -2.66. The normalized spacial score (nSPS) is 18.0. The number of carbonyl (C=O) groups excluding carboxylic acids is 2. The Bertz CT molecular complexity index is 418. The van der Waals surface area contributed by atoms with Crippen LogP contribution in [0.2, 0.25) is 0 Å². The number of rotatable bonds is 7. The fraction of sp³-hybridized carbons (Fsp3) is 0.769. The largest absolute Gasteiger partial charge is 0.480 e. The molecule has 1 unspecified atom stereocenters. The molecule has 0 spiro atoms. The zero-order valence-electron chi connectivity index (χ0n) is 12.6. The van der Waals surface area contributed by atoms with Crippen LogP contribution in [-0.2, 0) is 14.3 Å². The number of hydrogen-bond donors (Lipinski definition) is 3. The molecule has 0 aromatic rings. The van der Waals surface area contributed by atoms with Gasteiger partial charge in [0.05, 0.1) is 13.1 Å². The first-order valence-corrected chi connectivity index (χ1v) is 6.83. The maximum absolute atomic E-state index is 12.3.